The molecule has 0 saturated carbocycles. The molecule has 0 aliphatic heterocycles. The van der Waals surface area contributed by atoms with Crippen LogP contribution in [-0.2, 0) is 16.1 Å². The van der Waals surface area contributed by atoms with Gasteiger partial charge in [-0.25, -0.2) is 9.48 Å². The van der Waals surface area contributed by atoms with E-state index in [9.17, 15) is 9.59 Å². The van der Waals surface area contributed by atoms with Gasteiger partial charge in [-0.3, -0.25) is 4.79 Å². The van der Waals surface area contributed by atoms with E-state index in [1.807, 2.05) is 0 Å². The average molecular weight is 280 g/mol. The first-order chi connectivity index (χ1) is 9.60. The van der Waals surface area contributed by atoms with E-state index in [0.717, 1.165) is 4.68 Å². The molecule has 0 saturated heterocycles. The first-order valence-corrected chi connectivity index (χ1v) is 5.76. The van der Waals surface area contributed by atoms with Crippen LogP contribution >= 0.6 is 0 Å². The lowest BCUT2D eigenvalue weighted by atomic mass is 10.4. The molecule has 0 aliphatic rings. The minimum atomic E-state index is -0.692. The van der Waals surface area contributed by atoms with Crippen LogP contribution in [0.15, 0.2) is 10.6 Å². The number of hydrogen-bond acceptors (Lipinski definition) is 8. The van der Waals surface area contributed by atoms with Crippen molar-refractivity contribution in [2.75, 3.05) is 11.9 Å². The number of esters is 1. The molecular weight excluding hydrogens is 268 g/mol. The first kappa shape index (κ1) is 13.6. The van der Waals surface area contributed by atoms with Crippen LogP contribution in [0.4, 0.5) is 5.82 Å². The Balaban J connectivity index is 2.01. The molecule has 20 heavy (non-hydrogen) atoms. The minimum Gasteiger partial charge on any atom is -0.460 e. The molecule has 0 radical (unpaired) electrons. The Labute approximate surface area is 113 Å². The summed E-state index contributed by atoms with van der Waals surface area (Å²) in [5.41, 5.74) is 0. The second-order valence-corrected chi connectivity index (χ2v) is 3.75. The Hall–Kier alpha value is -2.78. The maximum absolute atomic E-state index is 11.8. The molecule has 0 bridgehead atoms. The fourth-order valence-electron chi connectivity index (χ4n) is 1.40. The molecule has 0 fully saturated rings. The van der Waals surface area contributed by atoms with Crippen molar-refractivity contribution in [3.05, 3.63) is 17.7 Å². The van der Waals surface area contributed by atoms with Crippen LogP contribution in [-0.4, -0.2) is 43.8 Å². The van der Waals surface area contributed by atoms with Gasteiger partial charge in [0.25, 0.3) is 5.82 Å². The molecule has 10 heteroatoms. The summed E-state index contributed by atoms with van der Waals surface area (Å²) in [7, 11) is 0. The molecular formula is C10H12N6O4. The van der Waals surface area contributed by atoms with Gasteiger partial charge in [0, 0.05) is 6.07 Å². The number of anilines is 1. The molecule has 1 N–H and O–H groups in total. The minimum absolute atomic E-state index is 0.140. The number of rotatable bonds is 5. The second-order valence-electron chi connectivity index (χ2n) is 3.75. The maximum atomic E-state index is 11.8. The first-order valence-electron chi connectivity index (χ1n) is 5.76. The number of carbonyl (C=O) groups is 2. The van der Waals surface area contributed by atoms with Crippen molar-refractivity contribution >= 4 is 17.7 Å². The van der Waals surface area contributed by atoms with Gasteiger partial charge >= 0.3 is 5.97 Å². The molecule has 2 aromatic heterocycles. The van der Waals surface area contributed by atoms with Gasteiger partial charge < -0.3 is 14.6 Å². The number of amides is 1. The molecule has 0 aromatic carbocycles. The average Bonchev–Trinajstić information content (AvgIpc) is 2.99. The monoisotopic (exact) mass is 280 g/mol. The number of ether oxygens (including phenoxy) is 1. The Bertz CT molecular complexity index is 619. The lowest BCUT2D eigenvalue weighted by Crippen LogP contribution is -2.23. The highest BCUT2D eigenvalue weighted by Gasteiger charge is 2.19. The Morgan fingerprint density at radius 3 is 2.95 bits per heavy atom. The summed E-state index contributed by atoms with van der Waals surface area (Å²) >= 11 is 0. The van der Waals surface area contributed by atoms with E-state index in [0.29, 0.717) is 5.76 Å². The highest BCUT2D eigenvalue weighted by molar-refractivity contribution is 5.90. The highest BCUT2D eigenvalue weighted by atomic mass is 16.5. The van der Waals surface area contributed by atoms with Crippen LogP contribution in [0.25, 0.3) is 0 Å². The van der Waals surface area contributed by atoms with E-state index in [4.69, 9.17) is 9.26 Å². The molecule has 0 aliphatic carbocycles. The largest absolute Gasteiger partial charge is 0.460 e. The summed E-state index contributed by atoms with van der Waals surface area (Å²) in [4.78, 5) is 23.3. The fraction of sp³-hybridized carbons (Fsp3) is 0.400. The number of tetrazole rings is 1. The summed E-state index contributed by atoms with van der Waals surface area (Å²) in [6, 6.07) is 1.56. The number of hydrogen-bond donors (Lipinski definition) is 1. The third-order valence-corrected chi connectivity index (χ3v) is 2.18. The van der Waals surface area contributed by atoms with E-state index in [1.54, 1.807) is 19.9 Å². The van der Waals surface area contributed by atoms with E-state index >= 15 is 0 Å². The third-order valence-electron chi connectivity index (χ3n) is 2.18. The van der Waals surface area contributed by atoms with Crippen molar-refractivity contribution in [3.63, 3.8) is 0 Å². The zero-order valence-corrected chi connectivity index (χ0v) is 10.9. The molecule has 2 aromatic rings. The smallest absolute Gasteiger partial charge is 0.378 e. The van der Waals surface area contributed by atoms with Gasteiger partial charge in [-0.05, 0) is 24.3 Å². The predicted octanol–water partition coefficient (Wildman–Crippen LogP) is -0.215. The van der Waals surface area contributed by atoms with E-state index < -0.39 is 11.9 Å². The lowest BCUT2D eigenvalue weighted by Gasteiger charge is -2.03. The number of nitrogens with zero attached hydrogens (tertiary/aromatic N) is 5. The molecule has 2 rings (SSSR count). The fourth-order valence-corrected chi connectivity index (χ4v) is 1.40. The molecule has 0 spiro atoms. The maximum Gasteiger partial charge on any atom is 0.378 e. The second kappa shape index (κ2) is 5.91. The van der Waals surface area contributed by atoms with Crippen molar-refractivity contribution in [2.45, 2.75) is 20.4 Å². The van der Waals surface area contributed by atoms with Crippen LogP contribution in [0.5, 0.6) is 0 Å². The van der Waals surface area contributed by atoms with Gasteiger partial charge in [-0.15, -0.1) is 5.10 Å². The standard InChI is InChI=1S/C10H12N6O4/c1-3-19-10(18)9-12-14-15-16(9)5-8(17)11-7-4-6(2)20-13-7/h4H,3,5H2,1-2H3,(H,11,13,17). The summed E-state index contributed by atoms with van der Waals surface area (Å²) in [6.45, 7) is 3.30. The summed E-state index contributed by atoms with van der Waals surface area (Å²) < 4.78 is 10.6. The van der Waals surface area contributed by atoms with Crippen molar-refractivity contribution in [3.8, 4) is 0 Å². The number of aryl methyl sites for hydroxylation is 1. The van der Waals surface area contributed by atoms with Crippen LogP contribution in [0.2, 0.25) is 0 Å². The number of nitrogens with one attached hydrogen (secondary N) is 1. The number of aromatic nitrogens is 5. The Morgan fingerprint density at radius 2 is 2.30 bits per heavy atom. The lowest BCUT2D eigenvalue weighted by molar-refractivity contribution is -0.117. The highest BCUT2D eigenvalue weighted by Crippen LogP contribution is 2.07. The van der Waals surface area contributed by atoms with Gasteiger partial charge in [0.2, 0.25) is 5.91 Å². The summed E-state index contributed by atoms with van der Waals surface area (Å²) in [5.74, 6) is -0.440. The quantitative estimate of drug-likeness (QED) is 0.745. The van der Waals surface area contributed by atoms with Crippen molar-refractivity contribution < 1.29 is 18.8 Å². The van der Waals surface area contributed by atoms with Crippen LogP contribution in [0.3, 0.4) is 0 Å². The molecule has 0 atom stereocenters. The third kappa shape index (κ3) is 3.16. The molecule has 10 nitrogen and oxygen atoms in total. The van der Waals surface area contributed by atoms with Crippen molar-refractivity contribution in [2.24, 2.45) is 0 Å². The zero-order valence-electron chi connectivity index (χ0n) is 10.9. The van der Waals surface area contributed by atoms with Crippen molar-refractivity contribution in [1.82, 2.24) is 25.4 Å². The predicted molar refractivity (Wildman–Crippen MR) is 63.6 cm³/mol. The Morgan fingerprint density at radius 1 is 1.50 bits per heavy atom. The van der Waals surface area contributed by atoms with Crippen molar-refractivity contribution in [1.29, 1.82) is 0 Å². The molecule has 1 amide bonds. The van der Waals surface area contributed by atoms with Gasteiger partial charge in [0.1, 0.15) is 12.3 Å². The Kier molecular flexibility index (Phi) is 4.03. The van der Waals surface area contributed by atoms with E-state index in [2.05, 4.69) is 26.0 Å². The topological polar surface area (TPSA) is 125 Å². The molecule has 0 unspecified atom stereocenters. The van der Waals surface area contributed by atoms with Gasteiger partial charge in [0.05, 0.1) is 6.61 Å². The zero-order chi connectivity index (χ0) is 14.5. The van der Waals surface area contributed by atoms with Gasteiger partial charge in [-0.1, -0.05) is 5.16 Å². The number of carbonyl (C=O) groups excluding carboxylic acids is 2. The van der Waals surface area contributed by atoms with Gasteiger partial charge in [-0.2, -0.15) is 0 Å². The molecule has 2 heterocycles. The van der Waals surface area contributed by atoms with Crippen LogP contribution in [0, 0.1) is 6.92 Å². The van der Waals surface area contributed by atoms with E-state index in [-0.39, 0.29) is 24.8 Å². The van der Waals surface area contributed by atoms with Gasteiger partial charge in [0.15, 0.2) is 5.82 Å². The molecule has 106 valence electrons. The normalized spacial score (nSPS) is 10.3. The summed E-state index contributed by atoms with van der Waals surface area (Å²) in [5, 5.41) is 16.5. The van der Waals surface area contributed by atoms with Crippen LogP contribution in [0.1, 0.15) is 23.3 Å². The summed E-state index contributed by atoms with van der Waals surface area (Å²) in [6.07, 6.45) is 0. The van der Waals surface area contributed by atoms with Crippen LogP contribution < -0.4 is 5.32 Å². The SMILES string of the molecule is CCOC(=O)c1nnnn1CC(=O)Nc1cc(C)on1. The van der Waals surface area contributed by atoms with E-state index in [1.165, 1.54) is 0 Å².